The molecule has 0 aromatic heterocycles. The van der Waals surface area contributed by atoms with Gasteiger partial charge in [-0.05, 0) is 18.7 Å². The van der Waals surface area contributed by atoms with E-state index < -0.39 is 11.6 Å². The number of hydrogen-bond acceptors (Lipinski definition) is 3. The lowest BCUT2D eigenvalue weighted by atomic mass is 10.3. The Balaban J connectivity index is 2.55. The van der Waals surface area contributed by atoms with Crippen LogP contribution in [0.5, 0.6) is 0 Å². The predicted octanol–water partition coefficient (Wildman–Crippen LogP) is 1.22. The first-order chi connectivity index (χ1) is 8.56. The average molecular weight is 258 g/mol. The molecule has 0 fully saturated rings. The minimum atomic E-state index is -1.00. The minimum Gasteiger partial charge on any atom is -0.395 e. The van der Waals surface area contributed by atoms with Crippen LogP contribution in [-0.4, -0.2) is 42.2 Å². The molecule has 0 spiro atoms. The van der Waals surface area contributed by atoms with Crippen molar-refractivity contribution < 1.29 is 18.7 Å². The molecular weight excluding hydrogens is 242 g/mol. The molecule has 0 saturated heterocycles. The van der Waals surface area contributed by atoms with Crippen LogP contribution in [0.25, 0.3) is 0 Å². The second kappa shape index (κ2) is 7.03. The number of hydrogen-bond donors (Lipinski definition) is 2. The standard InChI is InChI=1S/C12H16F2N2O2/c1-2-16(5-6-17)8-12(18)15-9-3-4-10(13)11(14)7-9/h3-4,7,17H,2,5-6,8H2,1H3,(H,15,18). The van der Waals surface area contributed by atoms with E-state index in [1.807, 2.05) is 6.92 Å². The molecule has 0 aliphatic carbocycles. The number of nitrogens with zero attached hydrogens (tertiary/aromatic N) is 1. The Labute approximate surface area is 104 Å². The summed E-state index contributed by atoms with van der Waals surface area (Å²) in [6, 6.07) is 3.17. The molecule has 1 rings (SSSR count). The fraction of sp³-hybridized carbons (Fsp3) is 0.417. The summed E-state index contributed by atoms with van der Waals surface area (Å²) in [5, 5.41) is 11.2. The Bertz CT molecular complexity index is 413. The number of anilines is 1. The Kier molecular flexibility index (Phi) is 5.67. The number of halogens is 2. The van der Waals surface area contributed by atoms with Gasteiger partial charge in [0.2, 0.25) is 5.91 Å². The zero-order valence-corrected chi connectivity index (χ0v) is 10.1. The third-order valence-corrected chi connectivity index (χ3v) is 2.43. The van der Waals surface area contributed by atoms with Gasteiger partial charge in [0.05, 0.1) is 13.2 Å². The first-order valence-electron chi connectivity index (χ1n) is 5.65. The maximum atomic E-state index is 12.9. The van der Waals surface area contributed by atoms with Crippen LogP contribution in [0.2, 0.25) is 0 Å². The van der Waals surface area contributed by atoms with Gasteiger partial charge in [0, 0.05) is 18.3 Å². The number of benzene rings is 1. The molecule has 1 amide bonds. The summed E-state index contributed by atoms with van der Waals surface area (Å²) < 4.78 is 25.6. The molecule has 0 heterocycles. The molecule has 4 nitrogen and oxygen atoms in total. The fourth-order valence-electron chi connectivity index (χ4n) is 1.47. The zero-order chi connectivity index (χ0) is 13.5. The fourth-order valence-corrected chi connectivity index (χ4v) is 1.47. The maximum Gasteiger partial charge on any atom is 0.238 e. The van der Waals surface area contributed by atoms with Gasteiger partial charge in [0.15, 0.2) is 11.6 Å². The normalized spacial score (nSPS) is 10.7. The van der Waals surface area contributed by atoms with Crippen LogP contribution in [-0.2, 0) is 4.79 Å². The maximum absolute atomic E-state index is 12.9. The summed E-state index contributed by atoms with van der Waals surface area (Å²) >= 11 is 0. The van der Waals surface area contributed by atoms with Crippen molar-refractivity contribution in [2.75, 3.05) is 31.6 Å². The van der Waals surface area contributed by atoms with Gasteiger partial charge in [-0.3, -0.25) is 9.69 Å². The van der Waals surface area contributed by atoms with Crippen LogP contribution in [0.15, 0.2) is 18.2 Å². The number of amides is 1. The molecule has 2 N–H and O–H groups in total. The molecule has 1 aromatic rings. The van der Waals surface area contributed by atoms with E-state index in [0.29, 0.717) is 13.1 Å². The van der Waals surface area contributed by atoms with Gasteiger partial charge in [0.1, 0.15) is 0 Å². The van der Waals surface area contributed by atoms with Crippen LogP contribution >= 0.6 is 0 Å². The highest BCUT2D eigenvalue weighted by Gasteiger charge is 2.10. The molecule has 0 atom stereocenters. The van der Waals surface area contributed by atoms with Crippen molar-refractivity contribution >= 4 is 11.6 Å². The molecule has 0 unspecified atom stereocenters. The van der Waals surface area contributed by atoms with Crippen molar-refractivity contribution in [1.29, 1.82) is 0 Å². The number of rotatable bonds is 6. The highest BCUT2D eigenvalue weighted by Crippen LogP contribution is 2.12. The monoisotopic (exact) mass is 258 g/mol. The van der Waals surface area contributed by atoms with E-state index in [4.69, 9.17) is 5.11 Å². The van der Waals surface area contributed by atoms with E-state index in [2.05, 4.69) is 5.32 Å². The summed E-state index contributed by atoms with van der Waals surface area (Å²) in [5.74, 6) is -2.30. The Hall–Kier alpha value is -1.53. The quantitative estimate of drug-likeness (QED) is 0.806. The largest absolute Gasteiger partial charge is 0.395 e. The second-order valence-corrected chi connectivity index (χ2v) is 3.77. The molecule has 0 radical (unpaired) electrons. The van der Waals surface area contributed by atoms with E-state index in [1.54, 1.807) is 4.90 Å². The number of nitrogens with one attached hydrogen (secondary N) is 1. The van der Waals surface area contributed by atoms with Gasteiger partial charge in [-0.2, -0.15) is 0 Å². The summed E-state index contributed by atoms with van der Waals surface area (Å²) in [6.07, 6.45) is 0. The Morgan fingerprint density at radius 3 is 2.67 bits per heavy atom. The molecule has 0 aliphatic rings. The summed E-state index contributed by atoms with van der Waals surface area (Å²) in [7, 11) is 0. The molecule has 18 heavy (non-hydrogen) atoms. The van der Waals surface area contributed by atoms with Gasteiger partial charge in [-0.15, -0.1) is 0 Å². The van der Waals surface area contributed by atoms with Crippen molar-refractivity contribution in [2.24, 2.45) is 0 Å². The molecule has 100 valence electrons. The van der Waals surface area contributed by atoms with Gasteiger partial charge in [0.25, 0.3) is 0 Å². The number of aliphatic hydroxyl groups is 1. The van der Waals surface area contributed by atoms with Gasteiger partial charge in [-0.1, -0.05) is 6.92 Å². The summed E-state index contributed by atoms with van der Waals surface area (Å²) in [5.41, 5.74) is 0.207. The van der Waals surface area contributed by atoms with E-state index in [0.717, 1.165) is 12.1 Å². The lowest BCUT2D eigenvalue weighted by Gasteiger charge is -2.18. The molecule has 0 bridgehead atoms. The van der Waals surface area contributed by atoms with Crippen LogP contribution in [0.3, 0.4) is 0 Å². The van der Waals surface area contributed by atoms with E-state index >= 15 is 0 Å². The van der Waals surface area contributed by atoms with Crippen molar-refractivity contribution in [3.63, 3.8) is 0 Å². The molecular formula is C12H16F2N2O2. The van der Waals surface area contributed by atoms with E-state index in [9.17, 15) is 13.6 Å². The van der Waals surface area contributed by atoms with Crippen molar-refractivity contribution in [2.45, 2.75) is 6.92 Å². The highest BCUT2D eigenvalue weighted by molar-refractivity contribution is 5.92. The summed E-state index contributed by atoms with van der Waals surface area (Å²) in [6.45, 7) is 2.93. The Morgan fingerprint density at radius 2 is 2.11 bits per heavy atom. The van der Waals surface area contributed by atoms with Crippen LogP contribution in [0.4, 0.5) is 14.5 Å². The van der Waals surface area contributed by atoms with Crippen molar-refractivity contribution in [3.05, 3.63) is 29.8 Å². The van der Waals surface area contributed by atoms with Gasteiger partial charge in [-0.25, -0.2) is 8.78 Å². The first-order valence-corrected chi connectivity index (χ1v) is 5.65. The lowest BCUT2D eigenvalue weighted by molar-refractivity contribution is -0.117. The minimum absolute atomic E-state index is 0.0354. The average Bonchev–Trinajstić information content (AvgIpc) is 2.33. The van der Waals surface area contributed by atoms with Crippen LogP contribution in [0.1, 0.15) is 6.92 Å². The summed E-state index contributed by atoms with van der Waals surface area (Å²) in [4.78, 5) is 13.3. The topological polar surface area (TPSA) is 52.6 Å². The van der Waals surface area contributed by atoms with Crippen LogP contribution in [0, 0.1) is 11.6 Å². The number of likely N-dealkylation sites (N-methyl/N-ethyl adjacent to an activating group) is 1. The SMILES string of the molecule is CCN(CCO)CC(=O)Nc1ccc(F)c(F)c1. The number of carbonyl (C=O) groups excluding carboxylic acids is 1. The third-order valence-electron chi connectivity index (χ3n) is 2.43. The molecule has 6 heteroatoms. The van der Waals surface area contributed by atoms with E-state index in [-0.39, 0.29) is 24.7 Å². The smallest absolute Gasteiger partial charge is 0.238 e. The third kappa shape index (κ3) is 4.38. The predicted molar refractivity (Wildman–Crippen MR) is 64.2 cm³/mol. The number of carbonyl (C=O) groups is 1. The van der Waals surface area contributed by atoms with Crippen molar-refractivity contribution in [3.8, 4) is 0 Å². The highest BCUT2D eigenvalue weighted by atomic mass is 19.2. The molecule has 1 aromatic carbocycles. The molecule has 0 aliphatic heterocycles. The van der Waals surface area contributed by atoms with Gasteiger partial charge < -0.3 is 10.4 Å². The Morgan fingerprint density at radius 1 is 1.39 bits per heavy atom. The van der Waals surface area contributed by atoms with Crippen LogP contribution < -0.4 is 5.32 Å². The van der Waals surface area contributed by atoms with E-state index in [1.165, 1.54) is 6.07 Å². The first kappa shape index (κ1) is 14.5. The van der Waals surface area contributed by atoms with Gasteiger partial charge >= 0.3 is 0 Å². The second-order valence-electron chi connectivity index (χ2n) is 3.77. The number of aliphatic hydroxyl groups excluding tert-OH is 1. The van der Waals surface area contributed by atoms with Crippen molar-refractivity contribution in [1.82, 2.24) is 4.90 Å². The molecule has 0 saturated carbocycles. The zero-order valence-electron chi connectivity index (χ0n) is 10.1. The lowest BCUT2D eigenvalue weighted by Crippen LogP contribution is -2.35.